The summed E-state index contributed by atoms with van der Waals surface area (Å²) in [5.74, 6) is -1.70. The number of nitrogens with zero attached hydrogens (tertiary/aromatic N) is 1. The van der Waals surface area contributed by atoms with Gasteiger partial charge in [0.2, 0.25) is 5.91 Å². The van der Waals surface area contributed by atoms with Crippen LogP contribution in [0.5, 0.6) is 5.75 Å². The quantitative estimate of drug-likeness (QED) is 0.0953. The highest BCUT2D eigenvalue weighted by Crippen LogP contribution is 2.34. The Morgan fingerprint density at radius 3 is 2.14 bits per heavy atom. The molecule has 1 aromatic heterocycles. The fraction of sp³-hybridized carbons (Fsp3) is 0.182. The smallest absolute Gasteiger partial charge is 0.341 e. The highest BCUT2D eigenvalue weighted by molar-refractivity contribution is 6.00. The van der Waals surface area contributed by atoms with Gasteiger partial charge in [0.25, 0.3) is 0 Å². The number of aliphatic hydroxyl groups excluding tert-OH is 1. The molecule has 1 amide bonds. The Bertz CT molecular complexity index is 1670. The molecule has 0 saturated heterocycles. The van der Waals surface area contributed by atoms with Crippen molar-refractivity contribution in [3.8, 4) is 39.7 Å². The zero-order valence-corrected chi connectivity index (χ0v) is 24.1. The number of nitrogens with one attached hydrogen (secondary N) is 3. The first-order chi connectivity index (χ1) is 21.0. The van der Waals surface area contributed by atoms with Gasteiger partial charge in [-0.15, -0.1) is 0 Å². The van der Waals surface area contributed by atoms with Gasteiger partial charge in [-0.1, -0.05) is 48.5 Å². The van der Waals surface area contributed by atoms with Crippen LogP contribution in [0, 0.1) is 5.41 Å². The molecule has 0 radical (unpaired) electrons. The number of carbonyl (C=O) groups is 3. The maximum atomic E-state index is 12.0. The molecule has 4 rings (SSSR count). The van der Waals surface area contributed by atoms with E-state index in [9.17, 15) is 19.5 Å². The van der Waals surface area contributed by atoms with Crippen LogP contribution >= 0.6 is 0 Å². The number of benzene rings is 3. The van der Waals surface area contributed by atoms with Crippen molar-refractivity contribution in [2.75, 3.05) is 6.61 Å². The zero-order valence-electron chi connectivity index (χ0n) is 24.1. The first kappa shape index (κ1) is 31.4. The maximum absolute atomic E-state index is 12.0. The molecule has 0 saturated carbocycles. The van der Waals surface area contributed by atoms with Gasteiger partial charge >= 0.3 is 11.9 Å². The molecule has 11 heteroatoms. The normalized spacial score (nSPS) is 11.8. The molecule has 1 unspecified atom stereocenters. The number of hydrogen-bond donors (Lipinski definition) is 6. The van der Waals surface area contributed by atoms with Crippen LogP contribution in [0.3, 0.4) is 0 Å². The van der Waals surface area contributed by atoms with Crippen molar-refractivity contribution in [3.63, 3.8) is 0 Å². The molecule has 6 N–H and O–H groups in total. The number of carbonyl (C=O) groups excluding carboxylic acids is 1. The fourth-order valence-electron chi connectivity index (χ4n) is 4.28. The van der Waals surface area contributed by atoms with Gasteiger partial charge in [0, 0.05) is 40.9 Å². The SMILES string of the molecule is CC(C)NC(=O)/C=C/c1ccc(-c2[nH]c(-c3ccc(C(=N)CC(O)C(=O)O)cc3)nc2-c2ccc(OCC(=O)O)cc2)cc1. The Balaban J connectivity index is 1.66. The molecule has 3 aromatic carbocycles. The number of carboxylic acid groups (broad SMARTS) is 2. The lowest BCUT2D eigenvalue weighted by molar-refractivity contribution is -0.146. The van der Waals surface area contributed by atoms with Crippen LogP contribution < -0.4 is 10.1 Å². The van der Waals surface area contributed by atoms with E-state index in [2.05, 4.69) is 10.3 Å². The van der Waals surface area contributed by atoms with E-state index in [0.717, 1.165) is 16.7 Å². The van der Waals surface area contributed by atoms with Crippen molar-refractivity contribution < 1.29 is 34.4 Å². The van der Waals surface area contributed by atoms with Gasteiger partial charge < -0.3 is 35.8 Å². The average Bonchev–Trinajstić information content (AvgIpc) is 3.44. The molecule has 4 aromatic rings. The van der Waals surface area contributed by atoms with E-state index < -0.39 is 24.6 Å². The van der Waals surface area contributed by atoms with Gasteiger partial charge in [0.1, 0.15) is 11.6 Å². The van der Waals surface area contributed by atoms with Crippen LogP contribution in [0.4, 0.5) is 0 Å². The predicted molar refractivity (Wildman–Crippen MR) is 165 cm³/mol. The van der Waals surface area contributed by atoms with E-state index in [4.69, 9.17) is 25.3 Å². The van der Waals surface area contributed by atoms with Gasteiger partial charge in [-0.3, -0.25) is 4.79 Å². The lowest BCUT2D eigenvalue weighted by Gasteiger charge is -2.07. The number of aromatic amines is 1. The Morgan fingerprint density at radius 1 is 0.932 bits per heavy atom. The molecule has 11 nitrogen and oxygen atoms in total. The van der Waals surface area contributed by atoms with Crippen LogP contribution in [-0.4, -0.2) is 67.6 Å². The Kier molecular flexibility index (Phi) is 10.0. The maximum Gasteiger partial charge on any atom is 0.341 e. The summed E-state index contributed by atoms with van der Waals surface area (Å²) in [6.07, 6.45) is 1.24. The highest BCUT2D eigenvalue weighted by atomic mass is 16.5. The summed E-state index contributed by atoms with van der Waals surface area (Å²) in [5, 5.41) is 38.4. The largest absolute Gasteiger partial charge is 0.482 e. The molecule has 0 bridgehead atoms. The van der Waals surface area contributed by atoms with E-state index in [1.165, 1.54) is 6.08 Å². The summed E-state index contributed by atoms with van der Waals surface area (Å²) in [6.45, 7) is 3.32. The average molecular weight is 597 g/mol. The van der Waals surface area contributed by atoms with Gasteiger partial charge in [-0.05, 0) is 55.3 Å². The molecule has 1 heterocycles. The van der Waals surface area contributed by atoms with Crippen LogP contribution in [0.1, 0.15) is 31.4 Å². The molecule has 226 valence electrons. The number of ether oxygens (including phenoxy) is 1. The monoisotopic (exact) mass is 596 g/mol. The zero-order chi connectivity index (χ0) is 31.8. The van der Waals surface area contributed by atoms with Crippen LogP contribution in [-0.2, 0) is 14.4 Å². The molecule has 0 spiro atoms. The van der Waals surface area contributed by atoms with E-state index in [-0.39, 0.29) is 24.1 Å². The second kappa shape index (κ2) is 14.1. The number of aliphatic hydroxyl groups is 1. The summed E-state index contributed by atoms with van der Waals surface area (Å²) >= 11 is 0. The summed E-state index contributed by atoms with van der Waals surface area (Å²) in [4.78, 5) is 42.0. The van der Waals surface area contributed by atoms with Crippen LogP contribution in [0.15, 0.2) is 78.9 Å². The Morgan fingerprint density at radius 2 is 1.55 bits per heavy atom. The summed E-state index contributed by atoms with van der Waals surface area (Å²) < 4.78 is 5.26. The summed E-state index contributed by atoms with van der Waals surface area (Å²) in [5.41, 5.74) is 4.94. The van der Waals surface area contributed by atoms with Crippen molar-refractivity contribution >= 4 is 29.6 Å². The third kappa shape index (κ3) is 8.26. The van der Waals surface area contributed by atoms with E-state index >= 15 is 0 Å². The van der Waals surface area contributed by atoms with Gasteiger partial charge in [0.05, 0.1) is 11.4 Å². The molecule has 44 heavy (non-hydrogen) atoms. The van der Waals surface area contributed by atoms with Gasteiger partial charge in [0.15, 0.2) is 12.7 Å². The minimum Gasteiger partial charge on any atom is -0.482 e. The fourth-order valence-corrected chi connectivity index (χ4v) is 4.28. The molecule has 0 aliphatic rings. The van der Waals surface area contributed by atoms with E-state index in [1.54, 1.807) is 54.6 Å². The van der Waals surface area contributed by atoms with E-state index in [1.807, 2.05) is 38.1 Å². The number of amides is 1. The van der Waals surface area contributed by atoms with Crippen molar-refractivity contribution in [1.82, 2.24) is 15.3 Å². The minimum atomic E-state index is -1.66. The summed E-state index contributed by atoms with van der Waals surface area (Å²) in [6, 6.07) is 21.3. The number of carboxylic acids is 2. The Labute approximate surface area is 253 Å². The molecule has 0 aliphatic carbocycles. The second-order valence-corrected chi connectivity index (χ2v) is 10.2. The first-order valence-electron chi connectivity index (χ1n) is 13.7. The third-order valence-corrected chi connectivity index (χ3v) is 6.44. The molecular formula is C33H32N4O7. The molecule has 0 fully saturated rings. The predicted octanol–water partition coefficient (Wildman–Crippen LogP) is 4.62. The number of rotatable bonds is 13. The van der Waals surface area contributed by atoms with E-state index in [0.29, 0.717) is 34.1 Å². The van der Waals surface area contributed by atoms with Crippen molar-refractivity contribution in [2.24, 2.45) is 0 Å². The first-order valence-corrected chi connectivity index (χ1v) is 13.7. The number of hydrogen-bond acceptors (Lipinski definition) is 7. The lowest BCUT2D eigenvalue weighted by Crippen LogP contribution is -2.28. The van der Waals surface area contributed by atoms with Crippen molar-refractivity contribution in [2.45, 2.75) is 32.4 Å². The third-order valence-electron chi connectivity index (χ3n) is 6.44. The van der Waals surface area contributed by atoms with Crippen molar-refractivity contribution in [1.29, 1.82) is 5.41 Å². The molecule has 1 atom stereocenters. The van der Waals surface area contributed by atoms with Gasteiger partial charge in [-0.2, -0.15) is 0 Å². The topological polar surface area (TPSA) is 186 Å². The Hall–Kier alpha value is -5.55. The number of aliphatic carboxylic acids is 2. The molecular weight excluding hydrogens is 564 g/mol. The number of H-pyrrole nitrogens is 1. The van der Waals surface area contributed by atoms with Crippen molar-refractivity contribution in [3.05, 3.63) is 90.0 Å². The van der Waals surface area contributed by atoms with Crippen LogP contribution in [0.25, 0.3) is 40.0 Å². The second-order valence-electron chi connectivity index (χ2n) is 10.2. The van der Waals surface area contributed by atoms with Crippen LogP contribution in [0.2, 0.25) is 0 Å². The van der Waals surface area contributed by atoms with Gasteiger partial charge in [-0.25, -0.2) is 14.6 Å². The lowest BCUT2D eigenvalue weighted by atomic mass is 10.0. The molecule has 0 aliphatic heterocycles. The minimum absolute atomic E-state index is 0.00620. The summed E-state index contributed by atoms with van der Waals surface area (Å²) in [7, 11) is 0. The number of aromatic nitrogens is 2. The standard InChI is InChI=1S/C33H32N4O7/c1-19(2)35-28(39)16-5-20-3-6-22(7-4-20)30-31(23-12-14-25(15-13-23)44-18-29(40)41)37-32(36-30)24-10-8-21(9-11-24)26(34)17-27(38)33(42)43/h3-16,19,27,34,38H,17-18H2,1-2H3,(H,35,39)(H,36,37)(H,40,41)(H,42,43)/b16-5+,34-26?. The number of imidazole rings is 1. The highest BCUT2D eigenvalue weighted by Gasteiger charge is 2.18.